The highest BCUT2D eigenvalue weighted by atomic mass is 16.2. The molecule has 0 N–H and O–H groups in total. The van der Waals surface area contributed by atoms with Crippen molar-refractivity contribution in [2.45, 2.75) is 32.1 Å². The minimum absolute atomic E-state index is 0.125. The van der Waals surface area contributed by atoms with Crippen LogP contribution >= 0.6 is 0 Å². The van der Waals surface area contributed by atoms with E-state index in [1.807, 2.05) is 47.2 Å². The van der Waals surface area contributed by atoms with E-state index in [0.29, 0.717) is 25.5 Å². The lowest BCUT2D eigenvalue weighted by Crippen LogP contribution is -2.51. The predicted octanol–water partition coefficient (Wildman–Crippen LogP) is 2.37. The average Bonchev–Trinajstić information content (AvgIpc) is 3.37. The molecule has 4 rings (SSSR count). The first kappa shape index (κ1) is 17.4. The summed E-state index contributed by atoms with van der Waals surface area (Å²) in [6.07, 6.45) is 5.38. The van der Waals surface area contributed by atoms with Gasteiger partial charge in [0.05, 0.1) is 12.0 Å². The molecule has 140 valence electrons. The van der Waals surface area contributed by atoms with E-state index < -0.39 is 0 Å². The molecule has 0 bridgehead atoms. The van der Waals surface area contributed by atoms with E-state index in [1.54, 1.807) is 0 Å². The summed E-state index contributed by atoms with van der Waals surface area (Å²) in [6, 6.07) is 9.97. The third kappa shape index (κ3) is 3.44. The first-order chi connectivity index (χ1) is 12.6. The van der Waals surface area contributed by atoms with Gasteiger partial charge in [0.15, 0.2) is 0 Å². The van der Waals surface area contributed by atoms with Gasteiger partial charge >= 0.3 is 0 Å². The molecule has 1 aliphatic carbocycles. The molecular formula is C21H29N3O2. The van der Waals surface area contributed by atoms with Crippen molar-refractivity contribution < 1.29 is 9.59 Å². The summed E-state index contributed by atoms with van der Waals surface area (Å²) in [5.74, 6) is 1.16. The Hall–Kier alpha value is -2.04. The van der Waals surface area contributed by atoms with Crippen molar-refractivity contribution in [1.29, 1.82) is 0 Å². The molecule has 0 radical (unpaired) electrons. The Bertz CT molecular complexity index is 673. The summed E-state index contributed by atoms with van der Waals surface area (Å²) >= 11 is 0. The molecule has 2 heterocycles. The van der Waals surface area contributed by atoms with Crippen LogP contribution < -0.4 is 4.90 Å². The van der Waals surface area contributed by atoms with Gasteiger partial charge in [0, 0.05) is 38.9 Å². The molecule has 26 heavy (non-hydrogen) atoms. The highest BCUT2D eigenvalue weighted by molar-refractivity contribution is 5.87. The molecule has 5 heteroatoms. The van der Waals surface area contributed by atoms with Crippen LogP contribution in [-0.4, -0.2) is 61.4 Å². The summed E-state index contributed by atoms with van der Waals surface area (Å²) in [4.78, 5) is 31.9. The lowest BCUT2D eigenvalue weighted by atomic mass is 9.78. The lowest BCUT2D eigenvalue weighted by Gasteiger charge is -2.39. The van der Waals surface area contributed by atoms with Gasteiger partial charge in [0.25, 0.3) is 0 Å². The Morgan fingerprint density at radius 2 is 1.96 bits per heavy atom. The smallest absolute Gasteiger partial charge is 0.242 e. The second kappa shape index (κ2) is 6.93. The van der Waals surface area contributed by atoms with Gasteiger partial charge in [-0.2, -0.15) is 0 Å². The maximum Gasteiger partial charge on any atom is 0.242 e. The van der Waals surface area contributed by atoms with Gasteiger partial charge in [-0.3, -0.25) is 9.59 Å². The minimum atomic E-state index is -0.311. The van der Waals surface area contributed by atoms with E-state index in [-0.39, 0.29) is 11.3 Å². The Morgan fingerprint density at radius 3 is 2.69 bits per heavy atom. The van der Waals surface area contributed by atoms with E-state index in [0.717, 1.165) is 44.0 Å². The number of hydrogen-bond acceptors (Lipinski definition) is 3. The van der Waals surface area contributed by atoms with Crippen LogP contribution in [0.4, 0.5) is 5.69 Å². The Labute approximate surface area is 155 Å². The van der Waals surface area contributed by atoms with Crippen molar-refractivity contribution in [1.82, 2.24) is 9.80 Å². The van der Waals surface area contributed by atoms with Crippen LogP contribution in [0.3, 0.4) is 0 Å². The van der Waals surface area contributed by atoms with Crippen molar-refractivity contribution in [3.8, 4) is 0 Å². The number of amides is 2. The fourth-order valence-corrected chi connectivity index (χ4v) is 4.48. The van der Waals surface area contributed by atoms with Gasteiger partial charge in [-0.25, -0.2) is 0 Å². The second-order valence-electron chi connectivity index (χ2n) is 8.34. The number of para-hydroxylation sites is 1. The van der Waals surface area contributed by atoms with Gasteiger partial charge in [0.1, 0.15) is 0 Å². The molecule has 1 aromatic carbocycles. The number of likely N-dealkylation sites (N-methyl/N-ethyl adjacent to an activating group) is 1. The second-order valence-corrected chi connectivity index (χ2v) is 8.34. The zero-order valence-electron chi connectivity index (χ0n) is 15.7. The van der Waals surface area contributed by atoms with Crippen molar-refractivity contribution in [3.05, 3.63) is 30.3 Å². The van der Waals surface area contributed by atoms with E-state index in [9.17, 15) is 9.59 Å². The number of piperidine rings is 1. The van der Waals surface area contributed by atoms with Gasteiger partial charge < -0.3 is 14.7 Å². The Balaban J connectivity index is 1.37. The molecule has 1 saturated carbocycles. The topological polar surface area (TPSA) is 43.9 Å². The Morgan fingerprint density at radius 1 is 1.19 bits per heavy atom. The third-order valence-electron chi connectivity index (χ3n) is 6.28. The average molecular weight is 355 g/mol. The molecule has 0 aromatic heterocycles. The molecule has 0 unspecified atom stereocenters. The van der Waals surface area contributed by atoms with Gasteiger partial charge in [0.2, 0.25) is 11.8 Å². The maximum absolute atomic E-state index is 13.1. The molecule has 3 fully saturated rings. The van der Waals surface area contributed by atoms with Crippen LogP contribution in [0.5, 0.6) is 0 Å². The SMILES string of the molecule is CN(CC(=O)N1CC[C@]2(CCCN(CC3CC3)C2=O)C1)c1ccccc1. The van der Waals surface area contributed by atoms with E-state index in [4.69, 9.17) is 0 Å². The standard InChI is InChI=1S/C21H29N3O2/c1-22(18-6-3-2-4-7-18)15-19(25)24-13-11-21(16-24)10-5-12-23(20(21)26)14-17-8-9-17/h2-4,6-7,17H,5,8-16H2,1H3/t21-/m1/s1. The molecule has 2 aliphatic heterocycles. The summed E-state index contributed by atoms with van der Waals surface area (Å²) in [5.41, 5.74) is 0.729. The van der Waals surface area contributed by atoms with Crippen molar-refractivity contribution in [2.24, 2.45) is 11.3 Å². The molecule has 1 atom stereocenters. The minimum Gasteiger partial charge on any atom is -0.365 e. The largest absolute Gasteiger partial charge is 0.365 e. The summed E-state index contributed by atoms with van der Waals surface area (Å²) in [5, 5.41) is 0. The van der Waals surface area contributed by atoms with Gasteiger partial charge in [-0.05, 0) is 50.2 Å². The highest BCUT2D eigenvalue weighted by Crippen LogP contribution is 2.41. The molecule has 2 saturated heterocycles. The van der Waals surface area contributed by atoms with Crippen LogP contribution in [-0.2, 0) is 9.59 Å². The predicted molar refractivity (Wildman–Crippen MR) is 102 cm³/mol. The molecule has 5 nitrogen and oxygen atoms in total. The molecule has 1 aromatic rings. The normalized spacial score (nSPS) is 25.8. The number of anilines is 1. The molecule has 3 aliphatic rings. The first-order valence-corrected chi connectivity index (χ1v) is 9.91. The van der Waals surface area contributed by atoms with Gasteiger partial charge in [-0.1, -0.05) is 18.2 Å². The van der Waals surface area contributed by atoms with Crippen LogP contribution in [0.25, 0.3) is 0 Å². The summed E-state index contributed by atoms with van der Waals surface area (Å²) in [7, 11) is 1.95. The Kier molecular flexibility index (Phi) is 4.63. The molecule has 2 amide bonds. The fraction of sp³-hybridized carbons (Fsp3) is 0.619. The maximum atomic E-state index is 13.1. The van der Waals surface area contributed by atoms with Crippen molar-refractivity contribution in [3.63, 3.8) is 0 Å². The number of nitrogens with zero attached hydrogens (tertiary/aromatic N) is 3. The summed E-state index contributed by atoms with van der Waals surface area (Å²) in [6.45, 7) is 3.52. The van der Waals surface area contributed by atoms with Crippen molar-refractivity contribution in [2.75, 3.05) is 44.7 Å². The fourth-order valence-electron chi connectivity index (χ4n) is 4.48. The number of hydrogen-bond donors (Lipinski definition) is 0. The zero-order valence-corrected chi connectivity index (χ0v) is 15.7. The molecule has 1 spiro atoms. The quantitative estimate of drug-likeness (QED) is 0.814. The van der Waals surface area contributed by atoms with E-state index in [1.165, 1.54) is 12.8 Å². The number of carbonyl (C=O) groups excluding carboxylic acids is 2. The van der Waals surface area contributed by atoms with Crippen LogP contribution in [0, 0.1) is 11.3 Å². The van der Waals surface area contributed by atoms with Gasteiger partial charge in [-0.15, -0.1) is 0 Å². The van der Waals surface area contributed by atoms with Crippen LogP contribution in [0.15, 0.2) is 30.3 Å². The van der Waals surface area contributed by atoms with Crippen molar-refractivity contribution >= 4 is 17.5 Å². The molecular weight excluding hydrogens is 326 g/mol. The monoisotopic (exact) mass is 355 g/mol. The first-order valence-electron chi connectivity index (χ1n) is 9.91. The number of likely N-dealkylation sites (tertiary alicyclic amines) is 2. The summed E-state index contributed by atoms with van der Waals surface area (Å²) < 4.78 is 0. The number of carbonyl (C=O) groups is 2. The third-order valence-corrected chi connectivity index (χ3v) is 6.28. The number of benzene rings is 1. The van der Waals surface area contributed by atoms with Crippen LogP contribution in [0.2, 0.25) is 0 Å². The zero-order chi connectivity index (χ0) is 18.1. The number of rotatable bonds is 5. The lowest BCUT2D eigenvalue weighted by molar-refractivity contribution is -0.146. The van der Waals surface area contributed by atoms with E-state index in [2.05, 4.69) is 4.90 Å². The van der Waals surface area contributed by atoms with Crippen LogP contribution in [0.1, 0.15) is 32.1 Å². The highest BCUT2D eigenvalue weighted by Gasteiger charge is 2.49. The van der Waals surface area contributed by atoms with E-state index >= 15 is 0 Å².